The maximum atomic E-state index is 3.89. The van der Waals surface area contributed by atoms with Gasteiger partial charge in [-0.1, -0.05) is 46.3 Å². The highest BCUT2D eigenvalue weighted by Crippen LogP contribution is 2.77. The van der Waals surface area contributed by atoms with Crippen molar-refractivity contribution in [1.29, 1.82) is 0 Å². The van der Waals surface area contributed by atoms with Crippen molar-refractivity contribution in [3.8, 4) is 0 Å². The van der Waals surface area contributed by atoms with Crippen molar-refractivity contribution in [3.05, 3.63) is 35.9 Å². The molecule has 0 saturated heterocycles. The van der Waals surface area contributed by atoms with Crippen LogP contribution in [-0.4, -0.2) is 4.83 Å². The molecule has 4 fully saturated rings. The number of halogens is 1. The molecule has 14 heavy (non-hydrogen) atoms. The van der Waals surface area contributed by atoms with Gasteiger partial charge >= 0.3 is 0 Å². The summed E-state index contributed by atoms with van der Waals surface area (Å²) >= 11 is 3.89. The summed E-state index contributed by atoms with van der Waals surface area (Å²) in [4.78, 5) is 0.836. The van der Waals surface area contributed by atoms with Crippen LogP contribution in [0.15, 0.2) is 30.3 Å². The quantitative estimate of drug-likeness (QED) is 0.669. The molecular formula is C13H13Br. The molecule has 72 valence electrons. The summed E-state index contributed by atoms with van der Waals surface area (Å²) in [5.74, 6) is 4.97. The van der Waals surface area contributed by atoms with Gasteiger partial charge in [-0.05, 0) is 41.6 Å². The molecule has 6 unspecified atom stereocenters. The van der Waals surface area contributed by atoms with Gasteiger partial charge < -0.3 is 0 Å². The van der Waals surface area contributed by atoms with Gasteiger partial charge in [0.15, 0.2) is 0 Å². The van der Waals surface area contributed by atoms with E-state index in [9.17, 15) is 0 Å². The minimum absolute atomic E-state index is 0.836. The maximum absolute atomic E-state index is 3.89. The zero-order valence-corrected chi connectivity index (χ0v) is 9.52. The fourth-order valence-electron chi connectivity index (χ4n) is 4.20. The lowest BCUT2D eigenvalue weighted by molar-refractivity contribution is 0.539. The first-order chi connectivity index (χ1) is 6.88. The summed E-state index contributed by atoms with van der Waals surface area (Å²) in [6, 6.07) is 11.1. The van der Waals surface area contributed by atoms with Crippen LogP contribution in [0, 0.1) is 23.7 Å². The summed E-state index contributed by atoms with van der Waals surface area (Å²) in [6.07, 6.45) is 1.49. The third-order valence-corrected chi connectivity index (χ3v) is 5.96. The van der Waals surface area contributed by atoms with Gasteiger partial charge in [0.05, 0.1) is 0 Å². The van der Waals surface area contributed by atoms with E-state index in [1.807, 2.05) is 0 Å². The molecule has 0 amide bonds. The molecule has 1 aromatic rings. The smallest absolute Gasteiger partial charge is 0.0214 e. The highest BCUT2D eigenvalue weighted by atomic mass is 79.9. The number of hydrogen-bond donors (Lipinski definition) is 0. The van der Waals surface area contributed by atoms with Gasteiger partial charge in [-0.25, -0.2) is 0 Å². The van der Waals surface area contributed by atoms with Gasteiger partial charge in [0.25, 0.3) is 0 Å². The van der Waals surface area contributed by atoms with Gasteiger partial charge in [0.2, 0.25) is 0 Å². The molecule has 0 heterocycles. The summed E-state index contributed by atoms with van der Waals surface area (Å²) in [7, 11) is 0. The van der Waals surface area contributed by atoms with Crippen LogP contribution in [0.2, 0.25) is 0 Å². The number of benzene rings is 1. The molecule has 0 nitrogen and oxygen atoms in total. The van der Waals surface area contributed by atoms with Crippen LogP contribution < -0.4 is 0 Å². The zero-order chi connectivity index (χ0) is 9.28. The molecule has 1 heteroatoms. The van der Waals surface area contributed by atoms with Crippen LogP contribution in [0.5, 0.6) is 0 Å². The minimum atomic E-state index is 0.836. The summed E-state index contributed by atoms with van der Waals surface area (Å²) in [6.45, 7) is 0. The Balaban J connectivity index is 1.76. The lowest BCUT2D eigenvalue weighted by Crippen LogP contribution is -2.09. The lowest BCUT2D eigenvalue weighted by atomic mass is 9.90. The van der Waals surface area contributed by atoms with Crippen molar-refractivity contribution >= 4 is 15.9 Å². The van der Waals surface area contributed by atoms with E-state index in [1.54, 1.807) is 5.56 Å². The second kappa shape index (κ2) is 2.44. The van der Waals surface area contributed by atoms with Gasteiger partial charge in [0, 0.05) is 4.83 Å². The topological polar surface area (TPSA) is 0 Å². The SMILES string of the molecule is BrC1C2CC3C1C3C2c1ccccc1. The Bertz CT molecular complexity index is 372. The standard InChI is InChI=1S/C13H13Br/c14-13-9-6-8-11(12(8)13)10(9)7-4-2-1-3-5-7/h1-5,8-13H,6H2. The van der Waals surface area contributed by atoms with Gasteiger partial charge in [0.1, 0.15) is 0 Å². The summed E-state index contributed by atoms with van der Waals surface area (Å²) < 4.78 is 0. The van der Waals surface area contributed by atoms with Crippen molar-refractivity contribution in [3.63, 3.8) is 0 Å². The molecular weight excluding hydrogens is 236 g/mol. The van der Waals surface area contributed by atoms with Crippen LogP contribution in [0.4, 0.5) is 0 Å². The van der Waals surface area contributed by atoms with E-state index in [0.717, 1.165) is 34.4 Å². The highest BCUT2D eigenvalue weighted by molar-refractivity contribution is 9.09. The van der Waals surface area contributed by atoms with E-state index in [1.165, 1.54) is 6.42 Å². The molecule has 4 aliphatic rings. The Morgan fingerprint density at radius 1 is 1.00 bits per heavy atom. The van der Waals surface area contributed by atoms with Crippen molar-refractivity contribution in [2.75, 3.05) is 0 Å². The molecule has 4 saturated carbocycles. The fraction of sp³-hybridized carbons (Fsp3) is 0.538. The average Bonchev–Trinajstić information content (AvgIpc) is 2.55. The number of rotatable bonds is 1. The molecule has 0 spiro atoms. The van der Waals surface area contributed by atoms with E-state index in [-0.39, 0.29) is 0 Å². The van der Waals surface area contributed by atoms with Crippen LogP contribution in [-0.2, 0) is 0 Å². The monoisotopic (exact) mass is 248 g/mol. The third kappa shape index (κ3) is 0.770. The second-order valence-corrected chi connectivity index (χ2v) is 6.16. The van der Waals surface area contributed by atoms with E-state index in [0.29, 0.717) is 0 Å². The average molecular weight is 249 g/mol. The Morgan fingerprint density at radius 2 is 1.79 bits per heavy atom. The van der Waals surface area contributed by atoms with Gasteiger partial charge in [-0.3, -0.25) is 0 Å². The van der Waals surface area contributed by atoms with E-state index >= 15 is 0 Å². The lowest BCUT2D eigenvalue weighted by Gasteiger charge is -2.17. The van der Waals surface area contributed by atoms with Gasteiger partial charge in [-0.2, -0.15) is 0 Å². The Hall–Kier alpha value is -0.300. The first kappa shape index (κ1) is 7.92. The van der Waals surface area contributed by atoms with Crippen LogP contribution in [0.1, 0.15) is 17.9 Å². The van der Waals surface area contributed by atoms with Crippen LogP contribution >= 0.6 is 15.9 Å². The molecule has 4 bridgehead atoms. The van der Waals surface area contributed by atoms with Crippen molar-refractivity contribution in [1.82, 2.24) is 0 Å². The first-order valence-electron chi connectivity index (χ1n) is 5.57. The molecule has 6 atom stereocenters. The molecule has 0 aromatic heterocycles. The van der Waals surface area contributed by atoms with Crippen molar-refractivity contribution in [2.45, 2.75) is 17.2 Å². The van der Waals surface area contributed by atoms with E-state index in [4.69, 9.17) is 0 Å². The second-order valence-electron chi connectivity index (χ2n) is 5.10. The van der Waals surface area contributed by atoms with E-state index < -0.39 is 0 Å². The minimum Gasteiger partial charge on any atom is -0.0884 e. The third-order valence-electron chi connectivity index (χ3n) is 4.67. The Morgan fingerprint density at radius 3 is 2.29 bits per heavy atom. The molecule has 5 rings (SSSR count). The largest absolute Gasteiger partial charge is 0.0884 e. The van der Waals surface area contributed by atoms with Gasteiger partial charge in [-0.15, -0.1) is 0 Å². The van der Waals surface area contributed by atoms with E-state index in [2.05, 4.69) is 46.3 Å². The molecule has 0 aliphatic heterocycles. The first-order valence-corrected chi connectivity index (χ1v) is 6.48. The van der Waals surface area contributed by atoms with Crippen LogP contribution in [0.3, 0.4) is 0 Å². The van der Waals surface area contributed by atoms with Crippen molar-refractivity contribution in [2.24, 2.45) is 23.7 Å². The Labute approximate surface area is 92.8 Å². The van der Waals surface area contributed by atoms with Crippen LogP contribution in [0.25, 0.3) is 0 Å². The number of alkyl halides is 1. The Kier molecular flexibility index (Phi) is 1.38. The fourth-order valence-corrected chi connectivity index (χ4v) is 5.49. The summed E-state index contributed by atoms with van der Waals surface area (Å²) in [5, 5.41) is 0. The number of hydrogen-bond acceptors (Lipinski definition) is 0. The molecule has 0 radical (unpaired) electrons. The predicted molar refractivity (Wildman–Crippen MR) is 60.5 cm³/mol. The van der Waals surface area contributed by atoms with Crippen molar-refractivity contribution < 1.29 is 0 Å². The summed E-state index contributed by atoms with van der Waals surface area (Å²) in [5.41, 5.74) is 1.59. The highest BCUT2D eigenvalue weighted by Gasteiger charge is 2.72. The normalized spacial score (nSPS) is 52.4. The molecule has 4 aliphatic carbocycles. The predicted octanol–water partition coefficient (Wildman–Crippen LogP) is 3.43. The molecule has 1 aromatic carbocycles. The maximum Gasteiger partial charge on any atom is 0.0214 e. The molecule has 0 N–H and O–H groups in total. The zero-order valence-electron chi connectivity index (χ0n) is 7.94.